The van der Waals surface area contributed by atoms with Crippen molar-refractivity contribution in [3.8, 4) is 0 Å². The second-order valence-corrected chi connectivity index (χ2v) is 6.34. The lowest BCUT2D eigenvalue weighted by molar-refractivity contribution is 0.0909. The lowest BCUT2D eigenvalue weighted by Gasteiger charge is -2.32. The number of benzene rings is 1. The maximum absolute atomic E-state index is 13.5. The van der Waals surface area contributed by atoms with E-state index < -0.39 is 5.82 Å². The molecule has 2 rings (SSSR count). The number of hydrogen-bond acceptors (Lipinski definition) is 2. The van der Waals surface area contributed by atoms with Crippen LogP contribution in [0, 0.1) is 5.82 Å². The number of amides is 1. The van der Waals surface area contributed by atoms with Crippen LogP contribution in [0.4, 0.5) is 4.39 Å². The zero-order chi connectivity index (χ0) is 15.2. The molecule has 1 N–H and O–H groups in total. The highest BCUT2D eigenvalue weighted by atomic mass is 79.9. The highest BCUT2D eigenvalue weighted by Crippen LogP contribution is 2.21. The Hall–Kier alpha value is -0.940. The van der Waals surface area contributed by atoms with E-state index in [4.69, 9.17) is 0 Å². The Labute approximate surface area is 134 Å². The summed E-state index contributed by atoms with van der Waals surface area (Å²) in [5.74, 6) is -0.606. The minimum atomic E-state index is -0.406. The van der Waals surface area contributed by atoms with Gasteiger partial charge < -0.3 is 10.2 Å². The van der Waals surface area contributed by atoms with Crippen LogP contribution in [0.15, 0.2) is 22.7 Å². The molecule has 1 fully saturated rings. The van der Waals surface area contributed by atoms with Crippen molar-refractivity contribution in [1.82, 2.24) is 10.2 Å². The van der Waals surface area contributed by atoms with Crippen molar-refractivity contribution < 1.29 is 9.18 Å². The minimum Gasteiger partial charge on any atom is -0.349 e. The highest BCUT2D eigenvalue weighted by Gasteiger charge is 2.22. The van der Waals surface area contributed by atoms with Gasteiger partial charge in [-0.05, 0) is 53.9 Å². The van der Waals surface area contributed by atoms with Crippen LogP contribution in [-0.2, 0) is 0 Å². The molecule has 116 valence electrons. The van der Waals surface area contributed by atoms with E-state index in [1.807, 2.05) is 0 Å². The molecule has 1 aliphatic heterocycles. The summed E-state index contributed by atoms with van der Waals surface area (Å²) in [6.07, 6.45) is 4.36. The lowest BCUT2D eigenvalue weighted by atomic mass is 10.0. The van der Waals surface area contributed by atoms with Crippen LogP contribution in [0.25, 0.3) is 0 Å². The van der Waals surface area contributed by atoms with Crippen molar-refractivity contribution in [3.05, 3.63) is 34.1 Å². The maximum atomic E-state index is 13.5. The van der Waals surface area contributed by atoms with Crippen molar-refractivity contribution in [2.75, 3.05) is 19.6 Å². The summed E-state index contributed by atoms with van der Waals surface area (Å²) in [7, 11) is 0. The molecule has 3 nitrogen and oxygen atoms in total. The van der Waals surface area contributed by atoms with E-state index in [1.165, 1.54) is 18.9 Å². The molecule has 0 radical (unpaired) electrons. The molecular weight excluding hydrogens is 335 g/mol. The molecule has 0 saturated carbocycles. The molecule has 21 heavy (non-hydrogen) atoms. The molecule has 5 heteroatoms. The molecule has 1 aliphatic rings. The fourth-order valence-corrected chi connectivity index (χ4v) is 3.07. The molecule has 0 bridgehead atoms. The highest BCUT2D eigenvalue weighted by molar-refractivity contribution is 9.10. The average Bonchev–Trinajstić information content (AvgIpc) is 2.49. The molecular formula is C16H22BrFN2O. The predicted octanol–water partition coefficient (Wildman–Crippen LogP) is 3.58. The molecule has 1 saturated heterocycles. The van der Waals surface area contributed by atoms with Gasteiger partial charge in [-0.3, -0.25) is 4.79 Å². The molecule has 1 amide bonds. The maximum Gasteiger partial charge on any atom is 0.252 e. The predicted molar refractivity (Wildman–Crippen MR) is 85.9 cm³/mol. The summed E-state index contributed by atoms with van der Waals surface area (Å²) in [5.41, 5.74) is 0.364. The molecule has 1 aromatic rings. The second kappa shape index (κ2) is 7.90. The molecule has 1 heterocycles. The van der Waals surface area contributed by atoms with Gasteiger partial charge in [0.1, 0.15) is 5.82 Å². The van der Waals surface area contributed by atoms with E-state index in [2.05, 4.69) is 33.1 Å². The Bertz CT molecular complexity index is 487. The third kappa shape index (κ3) is 4.51. The third-order valence-electron chi connectivity index (χ3n) is 3.95. The van der Waals surface area contributed by atoms with E-state index in [9.17, 15) is 9.18 Å². The standard InChI is InChI=1S/C16H22BrFN2O/c1-2-3-9-20-10-7-12(8-11-20)19-16(21)13-5-4-6-14(18)15(13)17/h4-6,12H,2-3,7-11H2,1H3,(H,19,21). The first-order chi connectivity index (χ1) is 10.1. The van der Waals surface area contributed by atoms with Gasteiger partial charge in [0, 0.05) is 19.1 Å². The number of piperidine rings is 1. The number of halogens is 2. The zero-order valence-corrected chi connectivity index (χ0v) is 14.0. The summed E-state index contributed by atoms with van der Waals surface area (Å²) in [5, 5.41) is 3.02. The van der Waals surface area contributed by atoms with Crippen LogP contribution in [0.1, 0.15) is 43.0 Å². The molecule has 0 aliphatic carbocycles. The average molecular weight is 357 g/mol. The van der Waals surface area contributed by atoms with Crippen LogP contribution in [-0.4, -0.2) is 36.5 Å². The first kappa shape index (κ1) is 16.4. The van der Waals surface area contributed by atoms with Gasteiger partial charge in [0.15, 0.2) is 0 Å². The van der Waals surface area contributed by atoms with Crippen LogP contribution in [0.2, 0.25) is 0 Å². The first-order valence-corrected chi connectivity index (χ1v) is 8.38. The van der Waals surface area contributed by atoms with Crippen LogP contribution >= 0.6 is 15.9 Å². The van der Waals surface area contributed by atoms with Gasteiger partial charge in [0.25, 0.3) is 5.91 Å². The molecule has 1 aromatic carbocycles. The third-order valence-corrected chi connectivity index (χ3v) is 4.75. The van der Waals surface area contributed by atoms with Gasteiger partial charge in [-0.2, -0.15) is 0 Å². The van der Waals surface area contributed by atoms with Crippen molar-refractivity contribution in [2.45, 2.75) is 38.6 Å². The van der Waals surface area contributed by atoms with Crippen LogP contribution in [0.5, 0.6) is 0 Å². The summed E-state index contributed by atoms with van der Waals surface area (Å²) >= 11 is 3.14. The minimum absolute atomic E-state index is 0.186. The van der Waals surface area contributed by atoms with Crippen molar-refractivity contribution in [2.24, 2.45) is 0 Å². The topological polar surface area (TPSA) is 32.3 Å². The van der Waals surface area contributed by atoms with E-state index in [1.54, 1.807) is 12.1 Å². The Kier molecular flexibility index (Phi) is 6.18. The van der Waals surface area contributed by atoms with Gasteiger partial charge >= 0.3 is 0 Å². The molecule has 0 atom stereocenters. The number of carbonyl (C=O) groups excluding carboxylic acids is 1. The Morgan fingerprint density at radius 2 is 2.14 bits per heavy atom. The number of hydrogen-bond donors (Lipinski definition) is 1. The van der Waals surface area contributed by atoms with Crippen molar-refractivity contribution in [3.63, 3.8) is 0 Å². The quantitative estimate of drug-likeness (QED) is 0.874. The number of nitrogens with zero attached hydrogens (tertiary/aromatic N) is 1. The summed E-state index contributed by atoms with van der Waals surface area (Å²) in [6, 6.07) is 4.72. The normalized spacial score (nSPS) is 16.9. The van der Waals surface area contributed by atoms with Crippen LogP contribution < -0.4 is 5.32 Å². The first-order valence-electron chi connectivity index (χ1n) is 7.59. The number of rotatable bonds is 5. The second-order valence-electron chi connectivity index (χ2n) is 5.54. The fourth-order valence-electron chi connectivity index (χ4n) is 2.62. The number of unbranched alkanes of at least 4 members (excludes halogenated alkanes) is 1. The monoisotopic (exact) mass is 356 g/mol. The summed E-state index contributed by atoms with van der Waals surface area (Å²) in [6.45, 7) is 5.39. The van der Waals surface area contributed by atoms with Gasteiger partial charge in [0.05, 0.1) is 10.0 Å². The van der Waals surface area contributed by atoms with E-state index in [0.717, 1.165) is 32.5 Å². The van der Waals surface area contributed by atoms with Crippen molar-refractivity contribution >= 4 is 21.8 Å². The summed E-state index contributed by atoms with van der Waals surface area (Å²) in [4.78, 5) is 14.7. The lowest BCUT2D eigenvalue weighted by Crippen LogP contribution is -2.44. The van der Waals surface area contributed by atoms with Crippen LogP contribution in [0.3, 0.4) is 0 Å². The SMILES string of the molecule is CCCCN1CCC(NC(=O)c2cccc(F)c2Br)CC1. The zero-order valence-electron chi connectivity index (χ0n) is 12.4. The van der Waals surface area contributed by atoms with E-state index in [0.29, 0.717) is 5.56 Å². The Morgan fingerprint density at radius 1 is 1.43 bits per heavy atom. The number of likely N-dealkylation sites (tertiary alicyclic amines) is 1. The Morgan fingerprint density at radius 3 is 2.81 bits per heavy atom. The van der Waals surface area contributed by atoms with Gasteiger partial charge in [-0.1, -0.05) is 19.4 Å². The fraction of sp³-hybridized carbons (Fsp3) is 0.562. The van der Waals surface area contributed by atoms with E-state index >= 15 is 0 Å². The number of carbonyl (C=O) groups is 1. The van der Waals surface area contributed by atoms with Crippen molar-refractivity contribution in [1.29, 1.82) is 0 Å². The smallest absolute Gasteiger partial charge is 0.252 e. The Balaban J connectivity index is 1.86. The van der Waals surface area contributed by atoms with Gasteiger partial charge in [0.2, 0.25) is 0 Å². The summed E-state index contributed by atoms with van der Waals surface area (Å²) < 4.78 is 13.7. The number of nitrogens with one attached hydrogen (secondary N) is 1. The van der Waals surface area contributed by atoms with E-state index in [-0.39, 0.29) is 16.4 Å². The van der Waals surface area contributed by atoms with Gasteiger partial charge in [-0.15, -0.1) is 0 Å². The largest absolute Gasteiger partial charge is 0.349 e. The molecule has 0 aromatic heterocycles. The molecule has 0 unspecified atom stereocenters. The van der Waals surface area contributed by atoms with Gasteiger partial charge in [-0.25, -0.2) is 4.39 Å². The molecule has 0 spiro atoms.